The molecule has 166 valence electrons. The maximum atomic E-state index is 10.1. The van der Waals surface area contributed by atoms with Crippen LogP contribution in [-0.4, -0.2) is 33.1 Å². The van der Waals surface area contributed by atoms with Gasteiger partial charge in [0.15, 0.2) is 0 Å². The Kier molecular flexibility index (Phi) is 9.54. The van der Waals surface area contributed by atoms with E-state index in [1.807, 2.05) is 19.9 Å². The number of hydrogen-bond donors (Lipinski definition) is 3. The summed E-state index contributed by atoms with van der Waals surface area (Å²) in [6, 6.07) is 8.75. The Bertz CT molecular complexity index is 752. The van der Waals surface area contributed by atoms with Crippen molar-refractivity contribution in [3.05, 3.63) is 65.3 Å². The highest BCUT2D eigenvalue weighted by Gasteiger charge is 2.24. The molecule has 3 N–H and O–H groups in total. The molecule has 0 amide bonds. The van der Waals surface area contributed by atoms with Gasteiger partial charge < -0.3 is 15.3 Å². The van der Waals surface area contributed by atoms with Crippen LogP contribution in [0.3, 0.4) is 0 Å². The van der Waals surface area contributed by atoms with E-state index in [2.05, 4.69) is 43.8 Å². The van der Waals surface area contributed by atoms with Gasteiger partial charge in [-0.05, 0) is 80.2 Å². The molecule has 2 rings (SSSR count). The minimum atomic E-state index is -0.653. The van der Waals surface area contributed by atoms with E-state index in [0.29, 0.717) is 12.8 Å². The summed E-state index contributed by atoms with van der Waals surface area (Å²) in [5, 5.41) is 30.0. The molecule has 0 saturated heterocycles. The van der Waals surface area contributed by atoms with Crippen molar-refractivity contribution in [1.82, 2.24) is 0 Å². The third-order valence-electron chi connectivity index (χ3n) is 5.85. The van der Waals surface area contributed by atoms with Crippen molar-refractivity contribution in [2.24, 2.45) is 0 Å². The lowest BCUT2D eigenvalue weighted by Crippen LogP contribution is -2.26. The third kappa shape index (κ3) is 8.22. The van der Waals surface area contributed by atoms with Gasteiger partial charge in [-0.2, -0.15) is 0 Å². The highest BCUT2D eigenvalue weighted by atomic mass is 16.3. The first kappa shape index (κ1) is 24.6. The van der Waals surface area contributed by atoms with Crippen LogP contribution in [0.4, 0.5) is 0 Å². The molecule has 1 aliphatic carbocycles. The molecule has 1 aliphatic rings. The largest absolute Gasteiger partial charge is 0.393 e. The van der Waals surface area contributed by atoms with Gasteiger partial charge in [-0.1, -0.05) is 62.8 Å². The van der Waals surface area contributed by atoms with E-state index >= 15 is 0 Å². The fourth-order valence-electron chi connectivity index (χ4n) is 3.96. The molecule has 0 aromatic heterocycles. The molecule has 0 bridgehead atoms. The zero-order chi connectivity index (χ0) is 22.1. The van der Waals surface area contributed by atoms with E-state index in [1.165, 1.54) is 16.7 Å². The minimum Gasteiger partial charge on any atom is -0.393 e. The van der Waals surface area contributed by atoms with Crippen molar-refractivity contribution in [3.63, 3.8) is 0 Å². The van der Waals surface area contributed by atoms with Crippen LogP contribution >= 0.6 is 0 Å². The van der Waals surface area contributed by atoms with E-state index in [0.717, 1.165) is 56.1 Å². The quantitative estimate of drug-likeness (QED) is 0.429. The molecule has 1 aromatic rings. The van der Waals surface area contributed by atoms with Crippen LogP contribution in [0, 0.1) is 0 Å². The minimum absolute atomic E-state index is 0.373. The maximum absolute atomic E-state index is 10.1. The second-order valence-electron chi connectivity index (χ2n) is 9.34. The first-order valence-electron chi connectivity index (χ1n) is 11.5. The molecule has 0 heterocycles. The SMILES string of the molecule is C=C1C(=C/C=C(\CCCC)c2cccc(CCCCC(C)(C)O)c2)C[C@@H](O)C[C@@H]1O. The summed E-state index contributed by atoms with van der Waals surface area (Å²) in [5.74, 6) is 0. The Morgan fingerprint density at radius 3 is 2.67 bits per heavy atom. The van der Waals surface area contributed by atoms with Gasteiger partial charge in [0.2, 0.25) is 0 Å². The fourth-order valence-corrected chi connectivity index (χ4v) is 3.96. The second kappa shape index (κ2) is 11.6. The van der Waals surface area contributed by atoms with E-state index in [9.17, 15) is 15.3 Å². The smallest absolute Gasteiger partial charge is 0.0811 e. The Morgan fingerprint density at radius 2 is 1.97 bits per heavy atom. The molecule has 3 heteroatoms. The van der Waals surface area contributed by atoms with Crippen LogP contribution < -0.4 is 0 Å². The number of aliphatic hydroxyl groups excluding tert-OH is 2. The van der Waals surface area contributed by atoms with Gasteiger partial charge in [-0.25, -0.2) is 0 Å². The number of aliphatic hydroxyl groups is 3. The molecule has 0 radical (unpaired) electrons. The first-order valence-corrected chi connectivity index (χ1v) is 11.5. The van der Waals surface area contributed by atoms with Crippen LogP contribution in [0.1, 0.15) is 83.3 Å². The Labute approximate surface area is 182 Å². The molecule has 1 fully saturated rings. The summed E-state index contributed by atoms with van der Waals surface area (Å²) < 4.78 is 0. The van der Waals surface area contributed by atoms with Gasteiger partial charge >= 0.3 is 0 Å². The number of aryl methyl sites for hydroxylation is 1. The van der Waals surface area contributed by atoms with Gasteiger partial charge in [0.25, 0.3) is 0 Å². The molecule has 0 unspecified atom stereocenters. The average molecular weight is 413 g/mol. The zero-order valence-corrected chi connectivity index (χ0v) is 19.0. The average Bonchev–Trinajstić information content (AvgIpc) is 2.68. The monoisotopic (exact) mass is 412 g/mol. The van der Waals surface area contributed by atoms with Crippen LogP contribution in [0.15, 0.2) is 54.1 Å². The molecule has 1 saturated carbocycles. The molecule has 3 nitrogen and oxygen atoms in total. The van der Waals surface area contributed by atoms with Gasteiger partial charge in [-0.15, -0.1) is 0 Å². The van der Waals surface area contributed by atoms with E-state index in [-0.39, 0.29) is 0 Å². The van der Waals surface area contributed by atoms with E-state index in [4.69, 9.17) is 0 Å². The lowest BCUT2D eigenvalue weighted by molar-refractivity contribution is 0.0682. The van der Waals surface area contributed by atoms with Crippen molar-refractivity contribution in [2.75, 3.05) is 0 Å². The number of benzene rings is 1. The summed E-state index contributed by atoms with van der Waals surface area (Å²) in [5.41, 5.74) is 4.93. The predicted molar refractivity (Wildman–Crippen MR) is 126 cm³/mol. The standard InChI is InChI=1S/C27H40O3/c1-5-6-12-22(14-15-23-18-25(28)19-26(29)20(23)2)24-13-9-11-21(17-24)10-7-8-16-27(3,4)30/h9,11,13-15,17,25-26,28-30H,2,5-8,10,12,16,18-19H2,1,3-4H3/b22-14+,23-15?/t25-,26+/m1/s1. The van der Waals surface area contributed by atoms with Crippen LogP contribution in [0.2, 0.25) is 0 Å². The summed E-state index contributed by atoms with van der Waals surface area (Å²) in [7, 11) is 0. The maximum Gasteiger partial charge on any atom is 0.0811 e. The van der Waals surface area contributed by atoms with Crippen LogP contribution in [0.25, 0.3) is 5.57 Å². The highest BCUT2D eigenvalue weighted by Crippen LogP contribution is 2.30. The molecule has 0 aliphatic heterocycles. The number of unbranched alkanes of at least 4 members (excludes halogenated alkanes) is 2. The zero-order valence-electron chi connectivity index (χ0n) is 19.0. The van der Waals surface area contributed by atoms with Gasteiger partial charge in [0.05, 0.1) is 17.8 Å². The Morgan fingerprint density at radius 1 is 1.20 bits per heavy atom. The first-order chi connectivity index (χ1) is 14.2. The van der Waals surface area contributed by atoms with Gasteiger partial charge in [-0.3, -0.25) is 0 Å². The molecule has 2 atom stereocenters. The van der Waals surface area contributed by atoms with Crippen molar-refractivity contribution in [2.45, 2.75) is 96.4 Å². The normalized spacial score (nSPS) is 22.0. The van der Waals surface area contributed by atoms with Crippen LogP contribution in [0.5, 0.6) is 0 Å². The molecule has 0 spiro atoms. The predicted octanol–water partition coefficient (Wildman–Crippen LogP) is 5.74. The molecule has 30 heavy (non-hydrogen) atoms. The van der Waals surface area contributed by atoms with E-state index < -0.39 is 17.8 Å². The van der Waals surface area contributed by atoms with Crippen molar-refractivity contribution in [1.29, 1.82) is 0 Å². The molecular weight excluding hydrogens is 372 g/mol. The van der Waals surface area contributed by atoms with Gasteiger partial charge in [0.1, 0.15) is 0 Å². The number of rotatable bonds is 10. The second-order valence-corrected chi connectivity index (χ2v) is 9.34. The fraction of sp³-hybridized carbons (Fsp3) is 0.556. The van der Waals surface area contributed by atoms with Crippen molar-refractivity contribution < 1.29 is 15.3 Å². The van der Waals surface area contributed by atoms with Crippen LogP contribution in [-0.2, 0) is 6.42 Å². The third-order valence-corrected chi connectivity index (χ3v) is 5.85. The Hall–Kier alpha value is -1.68. The summed E-state index contributed by atoms with van der Waals surface area (Å²) in [6.45, 7) is 9.95. The number of hydrogen-bond acceptors (Lipinski definition) is 3. The Balaban J connectivity index is 2.15. The molecule has 1 aromatic carbocycles. The topological polar surface area (TPSA) is 60.7 Å². The van der Waals surface area contributed by atoms with E-state index in [1.54, 1.807) is 0 Å². The molecular formula is C27H40O3. The summed E-state index contributed by atoms with van der Waals surface area (Å²) >= 11 is 0. The lowest BCUT2D eigenvalue weighted by Gasteiger charge is -2.26. The lowest BCUT2D eigenvalue weighted by atomic mass is 9.85. The van der Waals surface area contributed by atoms with Crippen molar-refractivity contribution >= 4 is 5.57 Å². The van der Waals surface area contributed by atoms with Gasteiger partial charge in [0, 0.05) is 6.42 Å². The highest BCUT2D eigenvalue weighted by molar-refractivity contribution is 5.68. The summed E-state index contributed by atoms with van der Waals surface area (Å²) in [6.07, 6.45) is 11.1. The van der Waals surface area contributed by atoms with Crippen molar-refractivity contribution in [3.8, 4) is 0 Å². The number of allylic oxidation sites excluding steroid dienone is 3. The summed E-state index contributed by atoms with van der Waals surface area (Å²) in [4.78, 5) is 0.